The predicted octanol–water partition coefficient (Wildman–Crippen LogP) is 1.48. The van der Waals surface area contributed by atoms with Gasteiger partial charge in [-0.3, -0.25) is 4.79 Å². The fourth-order valence-corrected chi connectivity index (χ4v) is 1.12. The van der Waals surface area contributed by atoms with E-state index in [-0.39, 0.29) is 12.3 Å². The number of nitrogens with one attached hydrogen (secondary N) is 1. The van der Waals surface area contributed by atoms with Crippen molar-refractivity contribution in [3.05, 3.63) is 30.3 Å². The molecule has 1 aromatic carbocycles. The number of ether oxygens (including phenoxy) is 1. The van der Waals surface area contributed by atoms with Crippen LogP contribution in [0.4, 0.5) is 0 Å². The first-order chi connectivity index (χ1) is 7.72. The Morgan fingerprint density at radius 2 is 2.19 bits per heavy atom. The molecule has 84 valence electrons. The quantitative estimate of drug-likeness (QED) is 0.814. The van der Waals surface area contributed by atoms with Crippen LogP contribution in [-0.2, 0) is 4.79 Å². The molecule has 0 aliphatic carbocycles. The molecule has 4 heteroatoms. The molecule has 0 saturated heterocycles. The molecular weight excluding hydrogens is 204 g/mol. The number of para-hydroxylation sites is 1. The Kier molecular flexibility index (Phi) is 4.87. The highest BCUT2D eigenvalue weighted by Gasteiger charge is 2.05. The van der Waals surface area contributed by atoms with E-state index < -0.39 is 6.04 Å². The van der Waals surface area contributed by atoms with Crippen molar-refractivity contribution in [3.63, 3.8) is 0 Å². The molecule has 0 radical (unpaired) electrons. The van der Waals surface area contributed by atoms with E-state index in [1.807, 2.05) is 36.4 Å². The number of amides is 1. The molecule has 0 aliphatic heterocycles. The molecule has 1 aromatic rings. The van der Waals surface area contributed by atoms with Crippen molar-refractivity contribution in [2.45, 2.75) is 19.4 Å². The van der Waals surface area contributed by atoms with Crippen molar-refractivity contribution in [1.82, 2.24) is 5.32 Å². The van der Waals surface area contributed by atoms with Crippen molar-refractivity contribution < 1.29 is 9.53 Å². The van der Waals surface area contributed by atoms with Crippen LogP contribution in [0.25, 0.3) is 0 Å². The number of nitrogens with zero attached hydrogens (tertiary/aromatic N) is 1. The van der Waals surface area contributed by atoms with Crippen LogP contribution in [0, 0.1) is 11.3 Å². The zero-order valence-electron chi connectivity index (χ0n) is 9.14. The lowest BCUT2D eigenvalue weighted by Gasteiger charge is -2.07. The van der Waals surface area contributed by atoms with Crippen molar-refractivity contribution in [1.29, 1.82) is 5.26 Å². The summed E-state index contributed by atoms with van der Waals surface area (Å²) in [7, 11) is 0. The van der Waals surface area contributed by atoms with Gasteiger partial charge in [0, 0.05) is 0 Å². The number of hydrogen-bond acceptors (Lipinski definition) is 3. The number of carbonyl (C=O) groups is 1. The lowest BCUT2D eigenvalue weighted by Crippen LogP contribution is -2.32. The average molecular weight is 218 g/mol. The minimum atomic E-state index is -0.454. The second-order valence-corrected chi connectivity index (χ2v) is 3.33. The second kappa shape index (κ2) is 6.46. The van der Waals surface area contributed by atoms with Crippen molar-refractivity contribution >= 4 is 5.91 Å². The number of hydrogen-bond donors (Lipinski definition) is 1. The van der Waals surface area contributed by atoms with E-state index in [0.717, 1.165) is 5.75 Å². The Morgan fingerprint density at radius 1 is 1.50 bits per heavy atom. The van der Waals surface area contributed by atoms with Gasteiger partial charge in [0.2, 0.25) is 5.91 Å². The predicted molar refractivity (Wildman–Crippen MR) is 59.8 cm³/mol. The SMILES string of the molecule is CC(C#N)NC(=O)CCOc1ccccc1. The first-order valence-corrected chi connectivity index (χ1v) is 5.09. The van der Waals surface area contributed by atoms with Crippen molar-refractivity contribution in [2.75, 3.05) is 6.61 Å². The molecule has 1 atom stereocenters. The Morgan fingerprint density at radius 3 is 2.81 bits per heavy atom. The summed E-state index contributed by atoms with van der Waals surface area (Å²) < 4.78 is 5.35. The molecule has 0 saturated carbocycles. The van der Waals surface area contributed by atoms with Crippen LogP contribution in [0.3, 0.4) is 0 Å². The van der Waals surface area contributed by atoms with E-state index in [1.54, 1.807) is 6.92 Å². The van der Waals surface area contributed by atoms with Crippen LogP contribution in [0.5, 0.6) is 5.75 Å². The molecule has 4 nitrogen and oxygen atoms in total. The molecule has 1 amide bonds. The molecule has 0 aliphatic rings. The third-order valence-corrected chi connectivity index (χ3v) is 1.91. The fourth-order valence-electron chi connectivity index (χ4n) is 1.12. The van der Waals surface area contributed by atoms with E-state index in [9.17, 15) is 4.79 Å². The van der Waals surface area contributed by atoms with Crippen LogP contribution < -0.4 is 10.1 Å². The Bertz CT molecular complexity index is 370. The molecular formula is C12H14N2O2. The van der Waals surface area contributed by atoms with Crippen LogP contribution in [0.2, 0.25) is 0 Å². The molecule has 0 fully saturated rings. The summed E-state index contributed by atoms with van der Waals surface area (Å²) in [4.78, 5) is 11.3. The topological polar surface area (TPSA) is 62.1 Å². The third kappa shape index (κ3) is 4.47. The van der Waals surface area contributed by atoms with Gasteiger partial charge < -0.3 is 10.1 Å². The van der Waals surface area contributed by atoms with Crippen LogP contribution in [0.1, 0.15) is 13.3 Å². The Labute approximate surface area is 94.8 Å². The average Bonchev–Trinajstić information content (AvgIpc) is 2.30. The van der Waals surface area contributed by atoms with E-state index >= 15 is 0 Å². The highest BCUT2D eigenvalue weighted by atomic mass is 16.5. The van der Waals surface area contributed by atoms with Crippen LogP contribution in [-0.4, -0.2) is 18.6 Å². The highest BCUT2D eigenvalue weighted by Crippen LogP contribution is 2.08. The maximum absolute atomic E-state index is 11.3. The highest BCUT2D eigenvalue weighted by molar-refractivity contribution is 5.76. The van der Waals surface area contributed by atoms with Gasteiger partial charge >= 0.3 is 0 Å². The lowest BCUT2D eigenvalue weighted by molar-refractivity contribution is -0.121. The third-order valence-electron chi connectivity index (χ3n) is 1.91. The number of rotatable bonds is 5. The Balaban J connectivity index is 2.21. The smallest absolute Gasteiger partial charge is 0.224 e. The standard InChI is InChI=1S/C12H14N2O2/c1-10(9-13)14-12(15)7-8-16-11-5-3-2-4-6-11/h2-6,10H,7-8H2,1H3,(H,14,15). The molecule has 0 aromatic heterocycles. The maximum atomic E-state index is 11.3. The zero-order chi connectivity index (χ0) is 11.8. The molecule has 1 unspecified atom stereocenters. The first kappa shape index (κ1) is 12.1. The first-order valence-electron chi connectivity index (χ1n) is 5.09. The molecule has 0 spiro atoms. The molecule has 16 heavy (non-hydrogen) atoms. The van der Waals surface area contributed by atoms with Gasteiger partial charge in [-0.2, -0.15) is 5.26 Å². The minimum Gasteiger partial charge on any atom is -0.493 e. The largest absolute Gasteiger partial charge is 0.493 e. The summed E-state index contributed by atoms with van der Waals surface area (Å²) in [5.74, 6) is 0.564. The monoisotopic (exact) mass is 218 g/mol. The van der Waals surface area contributed by atoms with E-state index in [1.165, 1.54) is 0 Å². The van der Waals surface area contributed by atoms with Gasteiger partial charge in [0.1, 0.15) is 11.8 Å². The zero-order valence-corrected chi connectivity index (χ0v) is 9.14. The van der Waals surface area contributed by atoms with E-state index in [0.29, 0.717) is 6.61 Å². The number of benzene rings is 1. The van der Waals surface area contributed by atoms with E-state index in [4.69, 9.17) is 10.00 Å². The van der Waals surface area contributed by atoms with Gasteiger partial charge in [-0.25, -0.2) is 0 Å². The summed E-state index contributed by atoms with van der Waals surface area (Å²) in [5, 5.41) is 11.0. The Hall–Kier alpha value is -2.02. The summed E-state index contributed by atoms with van der Waals surface area (Å²) in [6.07, 6.45) is 0.251. The lowest BCUT2D eigenvalue weighted by atomic mass is 10.3. The normalized spacial score (nSPS) is 11.2. The summed E-state index contributed by atoms with van der Waals surface area (Å²) in [6, 6.07) is 10.8. The van der Waals surface area contributed by atoms with Gasteiger partial charge in [0.15, 0.2) is 0 Å². The van der Waals surface area contributed by atoms with Gasteiger partial charge in [0.25, 0.3) is 0 Å². The van der Waals surface area contributed by atoms with E-state index in [2.05, 4.69) is 5.32 Å². The van der Waals surface area contributed by atoms with Gasteiger partial charge in [-0.1, -0.05) is 18.2 Å². The number of carbonyl (C=O) groups excluding carboxylic acids is 1. The van der Waals surface area contributed by atoms with Crippen LogP contribution in [0.15, 0.2) is 30.3 Å². The van der Waals surface area contributed by atoms with Crippen molar-refractivity contribution in [3.8, 4) is 11.8 Å². The fraction of sp³-hybridized carbons (Fsp3) is 0.333. The molecule has 0 bridgehead atoms. The summed E-state index contributed by atoms with van der Waals surface area (Å²) in [5.41, 5.74) is 0. The molecule has 1 N–H and O–H groups in total. The van der Waals surface area contributed by atoms with Gasteiger partial charge in [0.05, 0.1) is 19.1 Å². The van der Waals surface area contributed by atoms with Gasteiger partial charge in [-0.15, -0.1) is 0 Å². The maximum Gasteiger partial charge on any atom is 0.224 e. The molecule has 0 heterocycles. The summed E-state index contributed by atoms with van der Waals surface area (Å²) in [6.45, 7) is 1.95. The van der Waals surface area contributed by atoms with Crippen molar-refractivity contribution in [2.24, 2.45) is 0 Å². The minimum absolute atomic E-state index is 0.176. The summed E-state index contributed by atoms with van der Waals surface area (Å²) >= 11 is 0. The molecule has 1 rings (SSSR count). The van der Waals surface area contributed by atoms with Crippen LogP contribution >= 0.6 is 0 Å². The number of nitriles is 1. The second-order valence-electron chi connectivity index (χ2n) is 3.33. The van der Waals surface area contributed by atoms with Gasteiger partial charge in [-0.05, 0) is 19.1 Å².